The molecule has 4 nitrogen and oxygen atoms in total. The Morgan fingerprint density at radius 3 is 2.46 bits per heavy atom. The Bertz CT molecular complexity index is 1000. The van der Waals surface area contributed by atoms with Gasteiger partial charge in [-0.1, -0.05) is 29.3 Å². The van der Waals surface area contributed by atoms with Gasteiger partial charge in [-0.05, 0) is 53.9 Å². The van der Waals surface area contributed by atoms with Crippen molar-refractivity contribution < 1.29 is 9.47 Å². The lowest BCUT2D eigenvalue weighted by Crippen LogP contribution is -2.30. The van der Waals surface area contributed by atoms with Crippen molar-refractivity contribution in [2.75, 3.05) is 20.8 Å². The van der Waals surface area contributed by atoms with E-state index in [1.165, 1.54) is 16.8 Å². The second-order valence-corrected chi connectivity index (χ2v) is 7.66. The van der Waals surface area contributed by atoms with Gasteiger partial charge >= 0.3 is 0 Å². The predicted octanol–water partition coefficient (Wildman–Crippen LogP) is 5.36. The molecule has 1 aromatic heterocycles. The number of methoxy groups -OCH3 is 2. The van der Waals surface area contributed by atoms with Gasteiger partial charge in [0.2, 0.25) is 0 Å². The number of ether oxygens (including phenoxy) is 2. The van der Waals surface area contributed by atoms with Crippen LogP contribution in [0.2, 0.25) is 10.0 Å². The van der Waals surface area contributed by atoms with Crippen LogP contribution in [0.4, 0.5) is 0 Å². The lowest BCUT2D eigenvalue weighted by atomic mass is 9.98. The molecular formula is C22H22Cl2N2O2. The van der Waals surface area contributed by atoms with Gasteiger partial charge in [0, 0.05) is 31.5 Å². The molecule has 1 aliphatic heterocycles. The summed E-state index contributed by atoms with van der Waals surface area (Å²) in [6.45, 7) is 2.67. The molecule has 0 bridgehead atoms. The molecule has 2 aromatic carbocycles. The van der Waals surface area contributed by atoms with E-state index in [-0.39, 0.29) is 0 Å². The number of aromatic nitrogens is 1. The molecule has 0 spiro atoms. The molecule has 1 aliphatic rings. The van der Waals surface area contributed by atoms with Crippen LogP contribution >= 0.6 is 23.2 Å². The third-order valence-electron chi connectivity index (χ3n) is 5.21. The van der Waals surface area contributed by atoms with Gasteiger partial charge in [0.15, 0.2) is 11.5 Å². The van der Waals surface area contributed by atoms with E-state index in [0.717, 1.165) is 43.2 Å². The molecule has 6 heteroatoms. The van der Waals surface area contributed by atoms with Crippen molar-refractivity contribution in [2.45, 2.75) is 19.5 Å². The zero-order valence-corrected chi connectivity index (χ0v) is 17.4. The Kier molecular flexibility index (Phi) is 5.54. The molecule has 28 heavy (non-hydrogen) atoms. The van der Waals surface area contributed by atoms with Crippen LogP contribution < -0.4 is 9.47 Å². The summed E-state index contributed by atoms with van der Waals surface area (Å²) in [5.74, 6) is 1.57. The van der Waals surface area contributed by atoms with Gasteiger partial charge < -0.3 is 14.0 Å². The largest absolute Gasteiger partial charge is 0.493 e. The summed E-state index contributed by atoms with van der Waals surface area (Å²) < 4.78 is 13.0. The van der Waals surface area contributed by atoms with E-state index in [9.17, 15) is 0 Å². The third kappa shape index (κ3) is 3.60. The van der Waals surface area contributed by atoms with Crippen molar-refractivity contribution in [1.29, 1.82) is 0 Å². The highest BCUT2D eigenvalue weighted by molar-refractivity contribution is 6.43. The molecule has 0 saturated carbocycles. The van der Waals surface area contributed by atoms with Crippen LogP contribution in [-0.2, 0) is 19.5 Å². The molecule has 3 aromatic rings. The number of hydrogen-bond acceptors (Lipinski definition) is 3. The first-order valence-corrected chi connectivity index (χ1v) is 9.93. The molecule has 0 fully saturated rings. The molecule has 0 aliphatic carbocycles. The standard InChI is InChI=1S/C22H22Cl2N2O2/c1-27-20-11-15-8-10-25(13-16(15)12-21(20)28-2)14-17-5-4-9-26(17)19-7-3-6-18(23)22(19)24/h3-7,9,11-12H,8,10,13-14H2,1-2H3. The highest BCUT2D eigenvalue weighted by atomic mass is 35.5. The second kappa shape index (κ2) is 8.08. The molecule has 0 radical (unpaired) electrons. The van der Waals surface area contributed by atoms with E-state index < -0.39 is 0 Å². The fourth-order valence-corrected chi connectivity index (χ4v) is 4.15. The van der Waals surface area contributed by atoms with Crippen molar-refractivity contribution in [3.63, 3.8) is 0 Å². The van der Waals surface area contributed by atoms with E-state index in [4.69, 9.17) is 32.7 Å². The van der Waals surface area contributed by atoms with Crippen molar-refractivity contribution >= 4 is 23.2 Å². The summed E-state index contributed by atoms with van der Waals surface area (Å²) in [7, 11) is 3.35. The SMILES string of the molecule is COc1cc2c(cc1OC)CN(Cc1cccn1-c1cccc(Cl)c1Cl)CC2. The highest BCUT2D eigenvalue weighted by Crippen LogP contribution is 2.34. The maximum Gasteiger partial charge on any atom is 0.161 e. The van der Waals surface area contributed by atoms with Crippen LogP contribution in [-0.4, -0.2) is 30.2 Å². The minimum Gasteiger partial charge on any atom is -0.493 e. The van der Waals surface area contributed by atoms with Crippen LogP contribution in [0.3, 0.4) is 0 Å². The van der Waals surface area contributed by atoms with Gasteiger partial charge in [-0.15, -0.1) is 0 Å². The topological polar surface area (TPSA) is 26.6 Å². The van der Waals surface area contributed by atoms with Gasteiger partial charge in [0.25, 0.3) is 0 Å². The van der Waals surface area contributed by atoms with Crippen LogP contribution in [0, 0.1) is 0 Å². The Morgan fingerprint density at radius 2 is 1.71 bits per heavy atom. The van der Waals surface area contributed by atoms with Crippen molar-refractivity contribution in [1.82, 2.24) is 9.47 Å². The van der Waals surface area contributed by atoms with Gasteiger partial charge in [0.1, 0.15) is 0 Å². The van der Waals surface area contributed by atoms with Crippen molar-refractivity contribution in [3.05, 3.63) is 75.5 Å². The summed E-state index contributed by atoms with van der Waals surface area (Å²) in [5.41, 5.74) is 4.68. The average Bonchev–Trinajstić information content (AvgIpc) is 3.16. The van der Waals surface area contributed by atoms with Crippen LogP contribution in [0.5, 0.6) is 11.5 Å². The summed E-state index contributed by atoms with van der Waals surface area (Å²) in [6, 6.07) is 14.1. The molecule has 0 N–H and O–H groups in total. The summed E-state index contributed by atoms with van der Waals surface area (Å²) in [5, 5.41) is 1.13. The maximum atomic E-state index is 6.44. The molecular weight excluding hydrogens is 395 g/mol. The van der Waals surface area contributed by atoms with Crippen LogP contribution in [0.1, 0.15) is 16.8 Å². The normalized spacial score (nSPS) is 14.0. The fraction of sp³-hybridized carbons (Fsp3) is 0.273. The number of benzene rings is 2. The van der Waals surface area contributed by atoms with E-state index in [1.54, 1.807) is 20.3 Å². The van der Waals surface area contributed by atoms with E-state index >= 15 is 0 Å². The number of fused-ring (bicyclic) bond motifs is 1. The van der Waals surface area contributed by atoms with Gasteiger partial charge in [-0.3, -0.25) is 4.90 Å². The molecule has 0 atom stereocenters. The average molecular weight is 417 g/mol. The van der Waals surface area contributed by atoms with E-state index in [0.29, 0.717) is 10.0 Å². The van der Waals surface area contributed by atoms with E-state index in [2.05, 4.69) is 27.7 Å². The van der Waals surface area contributed by atoms with Gasteiger partial charge in [0.05, 0.1) is 30.0 Å². The van der Waals surface area contributed by atoms with Crippen molar-refractivity contribution in [2.24, 2.45) is 0 Å². The highest BCUT2D eigenvalue weighted by Gasteiger charge is 2.21. The smallest absolute Gasteiger partial charge is 0.161 e. The molecule has 0 unspecified atom stereocenters. The summed E-state index contributed by atoms with van der Waals surface area (Å²) in [6.07, 6.45) is 3.01. The zero-order chi connectivity index (χ0) is 19.7. The lowest BCUT2D eigenvalue weighted by Gasteiger charge is -2.30. The quantitative estimate of drug-likeness (QED) is 0.559. The first kappa shape index (κ1) is 19.2. The van der Waals surface area contributed by atoms with Crippen molar-refractivity contribution in [3.8, 4) is 17.2 Å². The summed E-state index contributed by atoms with van der Waals surface area (Å²) in [4.78, 5) is 2.43. The Balaban J connectivity index is 1.58. The van der Waals surface area contributed by atoms with Crippen LogP contribution in [0.25, 0.3) is 5.69 Å². The van der Waals surface area contributed by atoms with E-state index in [1.807, 2.05) is 24.4 Å². The Morgan fingerprint density at radius 1 is 0.964 bits per heavy atom. The number of rotatable bonds is 5. The second-order valence-electron chi connectivity index (χ2n) is 6.88. The molecule has 0 amide bonds. The number of nitrogens with zero attached hydrogens (tertiary/aromatic N) is 2. The predicted molar refractivity (Wildman–Crippen MR) is 113 cm³/mol. The maximum absolute atomic E-state index is 6.44. The van der Waals surface area contributed by atoms with Gasteiger partial charge in [-0.2, -0.15) is 0 Å². The number of halogens is 2. The molecule has 0 saturated heterocycles. The fourth-order valence-electron chi connectivity index (χ4n) is 3.76. The minimum absolute atomic E-state index is 0.562. The third-order valence-corrected chi connectivity index (χ3v) is 6.02. The number of hydrogen-bond donors (Lipinski definition) is 0. The Hall–Kier alpha value is -2.14. The minimum atomic E-state index is 0.562. The van der Waals surface area contributed by atoms with Gasteiger partial charge in [-0.25, -0.2) is 0 Å². The molecule has 2 heterocycles. The first-order valence-electron chi connectivity index (χ1n) is 9.17. The molecule has 4 rings (SSSR count). The van der Waals surface area contributed by atoms with Crippen LogP contribution in [0.15, 0.2) is 48.7 Å². The molecule has 146 valence electrons. The monoisotopic (exact) mass is 416 g/mol. The summed E-state index contributed by atoms with van der Waals surface area (Å²) >= 11 is 12.6. The zero-order valence-electron chi connectivity index (χ0n) is 15.9. The first-order chi connectivity index (χ1) is 13.6. The Labute approximate surface area is 175 Å². The lowest BCUT2D eigenvalue weighted by molar-refractivity contribution is 0.240.